The SMILES string of the molecule is Cn1ncc2cc(Oc3ccc(NC(=O)c4ccc(OC(F)F)n(-c5ccc(F)cc5)c4=O)cc3F)c(-c3cn[nH]c3)cc21. The quantitative estimate of drug-likeness (QED) is 0.205. The number of rotatable bonds is 8. The van der Waals surface area contributed by atoms with Crippen LogP contribution in [0.1, 0.15) is 10.4 Å². The number of hydrogen-bond donors (Lipinski definition) is 2. The van der Waals surface area contributed by atoms with Crippen LogP contribution < -0.4 is 20.3 Å². The highest BCUT2D eigenvalue weighted by Gasteiger charge is 2.20. The van der Waals surface area contributed by atoms with E-state index in [-0.39, 0.29) is 17.1 Å². The van der Waals surface area contributed by atoms with Gasteiger partial charge in [-0.3, -0.25) is 19.4 Å². The first-order chi connectivity index (χ1) is 21.2. The van der Waals surface area contributed by atoms with Crippen molar-refractivity contribution in [2.24, 2.45) is 7.05 Å². The maximum absolute atomic E-state index is 15.3. The highest BCUT2D eigenvalue weighted by Crippen LogP contribution is 2.37. The number of anilines is 1. The van der Waals surface area contributed by atoms with E-state index >= 15 is 4.39 Å². The van der Waals surface area contributed by atoms with Crippen LogP contribution in [0.2, 0.25) is 0 Å². The summed E-state index contributed by atoms with van der Waals surface area (Å²) in [6.07, 6.45) is 4.90. The number of aromatic amines is 1. The Morgan fingerprint density at radius 3 is 2.48 bits per heavy atom. The molecule has 3 aromatic carbocycles. The molecule has 3 aromatic heterocycles. The number of aryl methyl sites for hydroxylation is 1. The van der Waals surface area contributed by atoms with Crippen LogP contribution in [-0.2, 0) is 7.05 Å². The van der Waals surface area contributed by atoms with Gasteiger partial charge < -0.3 is 14.8 Å². The molecule has 14 heteroatoms. The molecule has 0 saturated heterocycles. The minimum atomic E-state index is -3.27. The van der Waals surface area contributed by atoms with Crippen LogP contribution in [0.3, 0.4) is 0 Å². The molecule has 10 nitrogen and oxygen atoms in total. The topological polar surface area (TPSA) is 116 Å². The van der Waals surface area contributed by atoms with E-state index in [1.54, 1.807) is 36.4 Å². The minimum absolute atomic E-state index is 0.0155. The first kappa shape index (κ1) is 28.2. The van der Waals surface area contributed by atoms with Crippen LogP contribution in [0.5, 0.6) is 17.4 Å². The lowest BCUT2D eigenvalue weighted by atomic mass is 10.1. The van der Waals surface area contributed by atoms with E-state index in [0.717, 1.165) is 53.4 Å². The van der Waals surface area contributed by atoms with Crippen molar-refractivity contribution in [3.05, 3.63) is 113 Å². The molecule has 0 unspecified atom stereocenters. The summed E-state index contributed by atoms with van der Waals surface area (Å²) in [6.45, 7) is -3.27. The number of aromatic nitrogens is 5. The van der Waals surface area contributed by atoms with E-state index in [2.05, 4.69) is 25.3 Å². The second-order valence-corrected chi connectivity index (χ2v) is 9.44. The van der Waals surface area contributed by atoms with Crippen LogP contribution in [0.4, 0.5) is 23.2 Å². The molecule has 0 aliphatic rings. The Morgan fingerprint density at radius 2 is 1.77 bits per heavy atom. The molecule has 2 N–H and O–H groups in total. The molecule has 6 aromatic rings. The van der Waals surface area contributed by atoms with Crippen molar-refractivity contribution in [2.45, 2.75) is 6.61 Å². The van der Waals surface area contributed by atoms with Crippen molar-refractivity contribution < 1.29 is 31.8 Å². The number of nitrogens with zero attached hydrogens (tertiary/aromatic N) is 4. The number of carbonyl (C=O) groups excluding carboxylic acids is 1. The largest absolute Gasteiger partial charge is 0.454 e. The lowest BCUT2D eigenvalue weighted by molar-refractivity contribution is -0.0544. The normalized spacial score (nSPS) is 11.2. The van der Waals surface area contributed by atoms with Gasteiger partial charge in [0.15, 0.2) is 11.6 Å². The number of benzene rings is 3. The van der Waals surface area contributed by atoms with Crippen LogP contribution in [0, 0.1) is 11.6 Å². The summed E-state index contributed by atoms with van der Waals surface area (Å²) < 4.78 is 67.5. The lowest BCUT2D eigenvalue weighted by Gasteiger charge is -2.15. The van der Waals surface area contributed by atoms with Crippen molar-refractivity contribution >= 4 is 22.5 Å². The number of amides is 1. The third-order valence-electron chi connectivity index (χ3n) is 6.65. The summed E-state index contributed by atoms with van der Waals surface area (Å²) in [5, 5.41) is 14.1. The fourth-order valence-corrected chi connectivity index (χ4v) is 4.58. The molecular weight excluding hydrogens is 584 g/mol. The summed E-state index contributed by atoms with van der Waals surface area (Å²) in [4.78, 5) is 26.3. The fourth-order valence-electron chi connectivity index (χ4n) is 4.58. The van der Waals surface area contributed by atoms with Gasteiger partial charge in [-0.1, -0.05) is 0 Å². The summed E-state index contributed by atoms with van der Waals surface area (Å²) >= 11 is 0. The maximum Gasteiger partial charge on any atom is 0.388 e. The van der Waals surface area contributed by atoms with Crippen molar-refractivity contribution in [1.29, 1.82) is 0 Å². The predicted molar refractivity (Wildman–Crippen MR) is 151 cm³/mol. The zero-order valence-corrected chi connectivity index (χ0v) is 22.6. The third kappa shape index (κ3) is 5.47. The first-order valence-electron chi connectivity index (χ1n) is 12.9. The molecule has 0 aliphatic carbocycles. The van der Waals surface area contributed by atoms with Gasteiger partial charge >= 0.3 is 6.61 Å². The molecule has 0 atom stereocenters. The standard InChI is InChI=1S/C30H20F4N6O4/c1-39-24-12-22(17-13-35-36-14-17)26(10-16(24)15-37-39)43-25-8-4-19(11-23(25)32)38-28(41)21-7-9-27(44-30(33)34)40(29(21)42)20-5-2-18(31)3-6-20/h2-15,30H,1H3,(H,35,36)(H,38,41). The summed E-state index contributed by atoms with van der Waals surface area (Å²) in [6, 6.07) is 13.6. The maximum atomic E-state index is 15.3. The van der Waals surface area contributed by atoms with Crippen LogP contribution in [-0.4, -0.2) is 37.1 Å². The summed E-state index contributed by atoms with van der Waals surface area (Å²) in [5.74, 6) is -2.79. The number of hydrogen-bond acceptors (Lipinski definition) is 6. The van der Waals surface area contributed by atoms with Gasteiger partial charge in [0.05, 0.1) is 23.6 Å². The predicted octanol–water partition coefficient (Wildman–Crippen LogP) is 6.04. The van der Waals surface area contributed by atoms with Crippen LogP contribution >= 0.6 is 0 Å². The molecule has 0 bridgehead atoms. The number of carbonyl (C=O) groups is 1. The van der Waals surface area contributed by atoms with E-state index < -0.39 is 41.2 Å². The van der Waals surface area contributed by atoms with E-state index in [9.17, 15) is 22.8 Å². The number of alkyl halides is 2. The lowest BCUT2D eigenvalue weighted by Crippen LogP contribution is -2.29. The zero-order chi connectivity index (χ0) is 31.0. The molecule has 1 amide bonds. The smallest absolute Gasteiger partial charge is 0.388 e. The second-order valence-electron chi connectivity index (χ2n) is 9.44. The molecule has 44 heavy (non-hydrogen) atoms. The van der Waals surface area contributed by atoms with Gasteiger partial charge in [-0.25, -0.2) is 13.3 Å². The Morgan fingerprint density at radius 1 is 0.977 bits per heavy atom. The molecule has 0 radical (unpaired) electrons. The molecule has 0 fully saturated rings. The molecule has 0 spiro atoms. The van der Waals surface area contributed by atoms with E-state index in [0.29, 0.717) is 21.4 Å². The number of H-pyrrole nitrogens is 1. The molecule has 0 saturated carbocycles. The number of fused-ring (bicyclic) bond motifs is 1. The van der Waals surface area contributed by atoms with Gasteiger partial charge in [0.1, 0.15) is 17.1 Å². The Bertz CT molecular complexity index is 2060. The number of ether oxygens (including phenoxy) is 2. The van der Waals surface area contributed by atoms with E-state index in [4.69, 9.17) is 4.74 Å². The highest BCUT2D eigenvalue weighted by molar-refractivity contribution is 6.04. The third-order valence-corrected chi connectivity index (χ3v) is 6.65. The molecule has 222 valence electrons. The van der Waals surface area contributed by atoms with Gasteiger partial charge in [0, 0.05) is 47.6 Å². The Balaban J connectivity index is 1.28. The van der Waals surface area contributed by atoms with Crippen molar-refractivity contribution in [1.82, 2.24) is 24.5 Å². The van der Waals surface area contributed by atoms with Gasteiger partial charge in [-0.2, -0.15) is 19.0 Å². The second kappa shape index (κ2) is 11.4. The Hall–Kier alpha value is -5.92. The Kier molecular flexibility index (Phi) is 7.31. The van der Waals surface area contributed by atoms with Gasteiger partial charge in [0.2, 0.25) is 5.88 Å². The molecular formula is C30H20F4N6O4. The van der Waals surface area contributed by atoms with E-state index in [1.165, 1.54) is 12.1 Å². The van der Waals surface area contributed by atoms with E-state index in [1.807, 2.05) is 6.07 Å². The van der Waals surface area contributed by atoms with Gasteiger partial charge in [-0.05, 0) is 54.6 Å². The van der Waals surface area contributed by atoms with Crippen LogP contribution in [0.25, 0.3) is 27.7 Å². The molecule has 0 aliphatic heterocycles. The summed E-state index contributed by atoms with van der Waals surface area (Å²) in [5.41, 5.74) is 0.620. The molecule has 3 heterocycles. The van der Waals surface area contributed by atoms with Crippen LogP contribution in [0.15, 0.2) is 90.1 Å². The number of halogens is 4. The Labute approximate surface area is 245 Å². The average Bonchev–Trinajstić information content (AvgIpc) is 3.65. The van der Waals surface area contributed by atoms with Gasteiger partial charge in [0.25, 0.3) is 11.5 Å². The average molecular weight is 605 g/mol. The fraction of sp³-hybridized carbons (Fsp3) is 0.0667. The molecule has 6 rings (SSSR count). The zero-order valence-electron chi connectivity index (χ0n) is 22.6. The van der Waals surface area contributed by atoms with Crippen molar-refractivity contribution in [3.63, 3.8) is 0 Å². The summed E-state index contributed by atoms with van der Waals surface area (Å²) in [7, 11) is 1.79. The first-order valence-corrected chi connectivity index (χ1v) is 12.9. The number of pyridine rings is 1. The van der Waals surface area contributed by atoms with Crippen molar-refractivity contribution in [2.75, 3.05) is 5.32 Å². The minimum Gasteiger partial charge on any atom is -0.454 e. The number of nitrogens with one attached hydrogen (secondary N) is 2. The van der Waals surface area contributed by atoms with Crippen molar-refractivity contribution in [3.8, 4) is 34.2 Å². The van der Waals surface area contributed by atoms with Gasteiger partial charge in [-0.15, -0.1) is 0 Å². The highest BCUT2D eigenvalue weighted by atomic mass is 19.3. The monoisotopic (exact) mass is 604 g/mol.